The number of quaternary nitrogens is 1. The van der Waals surface area contributed by atoms with Crippen molar-refractivity contribution in [1.29, 1.82) is 0 Å². The molecule has 0 aliphatic rings. The van der Waals surface area contributed by atoms with E-state index in [2.05, 4.69) is 20.8 Å². The lowest BCUT2D eigenvalue weighted by molar-refractivity contribution is -0.931. The summed E-state index contributed by atoms with van der Waals surface area (Å²) in [6.07, 6.45) is 29.7. The second-order valence-electron chi connectivity index (χ2n) is 12.5. The minimum Gasteiger partial charge on any atom is -0.386 e. The Balaban J connectivity index is 5.02. The smallest absolute Gasteiger partial charge is 0.267 e. The van der Waals surface area contributed by atoms with Crippen molar-refractivity contribution in [3.05, 3.63) is 0 Å². The molecule has 39 heavy (non-hydrogen) atoms. The van der Waals surface area contributed by atoms with E-state index in [0.29, 0.717) is 6.54 Å². The maximum Gasteiger partial charge on any atom is 0.267 e. The fourth-order valence-corrected chi connectivity index (χ4v) is 6.69. The van der Waals surface area contributed by atoms with Crippen LogP contribution in [0.1, 0.15) is 175 Å². The van der Waals surface area contributed by atoms with E-state index in [0.717, 1.165) is 43.4 Å². The van der Waals surface area contributed by atoms with Gasteiger partial charge in [0.05, 0.1) is 19.6 Å². The Morgan fingerprint density at radius 1 is 0.487 bits per heavy atom. The van der Waals surface area contributed by atoms with Crippen LogP contribution in [0, 0.1) is 0 Å². The zero-order chi connectivity index (χ0) is 29.1. The number of rotatable bonds is 31. The zero-order valence-corrected chi connectivity index (χ0v) is 27.5. The van der Waals surface area contributed by atoms with E-state index in [9.17, 15) is 18.1 Å². The van der Waals surface area contributed by atoms with E-state index in [1.807, 2.05) is 0 Å². The molecule has 1 unspecified atom stereocenters. The Kier molecular flexibility index (Phi) is 26.6. The van der Waals surface area contributed by atoms with Crippen LogP contribution in [0.25, 0.3) is 0 Å². The van der Waals surface area contributed by atoms with Gasteiger partial charge in [0.25, 0.3) is 10.1 Å². The first kappa shape index (κ1) is 38.8. The molecule has 0 saturated heterocycles. The number of aliphatic hydroxyl groups excluding tert-OH is 1. The van der Waals surface area contributed by atoms with Crippen molar-refractivity contribution < 1.29 is 22.6 Å². The van der Waals surface area contributed by atoms with E-state index in [-0.39, 0.29) is 0 Å². The van der Waals surface area contributed by atoms with E-state index in [4.69, 9.17) is 0 Å². The van der Waals surface area contributed by atoms with E-state index < -0.39 is 22.0 Å². The highest BCUT2D eigenvalue weighted by Crippen LogP contribution is 2.20. The van der Waals surface area contributed by atoms with Crippen molar-refractivity contribution in [2.24, 2.45) is 0 Å². The number of unbranched alkanes of at least 4 members (excludes halogenated alkanes) is 21. The Morgan fingerprint density at radius 3 is 1.00 bits per heavy atom. The average Bonchev–Trinajstić information content (AvgIpc) is 2.87. The highest BCUT2D eigenvalue weighted by atomic mass is 32.2. The molecule has 0 amide bonds. The third-order valence-corrected chi connectivity index (χ3v) is 9.27. The molecular weight excluding hydrogens is 506 g/mol. The van der Waals surface area contributed by atoms with Crippen molar-refractivity contribution in [1.82, 2.24) is 0 Å². The lowest BCUT2D eigenvalue weighted by atomic mass is 10.0. The van der Waals surface area contributed by atoms with Gasteiger partial charge in [-0.15, -0.1) is 0 Å². The minimum atomic E-state index is -4.18. The average molecular weight is 577 g/mol. The first-order valence-electron chi connectivity index (χ1n) is 17.3. The summed E-state index contributed by atoms with van der Waals surface area (Å²) in [5, 5.41) is 10.7. The van der Waals surface area contributed by atoms with Gasteiger partial charge in [-0.1, -0.05) is 136 Å². The van der Waals surface area contributed by atoms with Gasteiger partial charge in [-0.3, -0.25) is 4.55 Å². The maximum absolute atomic E-state index is 11.5. The summed E-state index contributed by atoms with van der Waals surface area (Å²) < 4.78 is 33.3. The van der Waals surface area contributed by atoms with Gasteiger partial charge in [0.15, 0.2) is 0 Å². The van der Waals surface area contributed by atoms with Gasteiger partial charge >= 0.3 is 0 Å². The van der Waals surface area contributed by atoms with E-state index in [1.165, 1.54) is 135 Å². The van der Waals surface area contributed by atoms with Gasteiger partial charge in [0.2, 0.25) is 0 Å². The maximum atomic E-state index is 11.5. The molecule has 6 heteroatoms. The molecule has 0 aromatic rings. The van der Waals surface area contributed by atoms with Crippen LogP contribution in [0.4, 0.5) is 0 Å². The van der Waals surface area contributed by atoms with Crippen LogP contribution in [0.2, 0.25) is 0 Å². The van der Waals surface area contributed by atoms with Crippen LogP contribution >= 0.6 is 0 Å². The normalized spacial score (nSPS) is 13.3. The summed E-state index contributed by atoms with van der Waals surface area (Å²) in [6, 6.07) is 0. The molecule has 0 fully saturated rings. The fourth-order valence-electron chi connectivity index (χ4n) is 6.10. The SMILES string of the molecule is CCCCCCCCCC[N+](CCCCCCCCCC)(CCCCCCCCCC)CC(O)CS(=O)(=O)O. The molecule has 236 valence electrons. The Bertz CT molecular complexity index is 561. The molecule has 0 rings (SSSR count). The summed E-state index contributed by atoms with van der Waals surface area (Å²) in [7, 11) is -4.18. The summed E-state index contributed by atoms with van der Waals surface area (Å²) in [4.78, 5) is 0. The van der Waals surface area contributed by atoms with Gasteiger partial charge in [-0.2, -0.15) is 8.42 Å². The van der Waals surface area contributed by atoms with Gasteiger partial charge in [0, 0.05) is 0 Å². The summed E-state index contributed by atoms with van der Waals surface area (Å²) >= 11 is 0. The lowest BCUT2D eigenvalue weighted by Gasteiger charge is -2.40. The molecule has 0 spiro atoms. The molecule has 0 aromatic carbocycles. The number of aliphatic hydroxyl groups is 1. The lowest BCUT2D eigenvalue weighted by Crippen LogP contribution is -2.55. The molecule has 0 aliphatic heterocycles. The highest BCUT2D eigenvalue weighted by molar-refractivity contribution is 7.85. The minimum absolute atomic E-state index is 0.448. The molecular formula is C33H70NO4S+. The van der Waals surface area contributed by atoms with E-state index in [1.54, 1.807) is 0 Å². The Labute approximate surface area is 245 Å². The quantitative estimate of drug-likeness (QED) is 0.0489. The predicted octanol–water partition coefficient (Wildman–Crippen LogP) is 9.47. The van der Waals surface area contributed by atoms with Crippen LogP contribution in [-0.4, -0.2) is 60.6 Å². The van der Waals surface area contributed by atoms with Crippen molar-refractivity contribution >= 4 is 10.1 Å². The monoisotopic (exact) mass is 577 g/mol. The topological polar surface area (TPSA) is 74.6 Å². The Morgan fingerprint density at radius 2 is 0.744 bits per heavy atom. The van der Waals surface area contributed by atoms with Gasteiger partial charge < -0.3 is 9.59 Å². The van der Waals surface area contributed by atoms with Gasteiger partial charge in [0.1, 0.15) is 18.4 Å². The zero-order valence-electron chi connectivity index (χ0n) is 26.6. The number of hydrogen-bond donors (Lipinski definition) is 2. The summed E-state index contributed by atoms with van der Waals surface area (Å²) in [5.41, 5.74) is 0. The Hall–Kier alpha value is -0.170. The second kappa shape index (κ2) is 26.7. The van der Waals surface area contributed by atoms with Crippen LogP contribution in [0.5, 0.6) is 0 Å². The van der Waals surface area contributed by atoms with Gasteiger partial charge in [-0.05, 0) is 38.5 Å². The predicted molar refractivity (Wildman–Crippen MR) is 170 cm³/mol. The second-order valence-corrected chi connectivity index (χ2v) is 14.0. The molecule has 0 aromatic heterocycles. The third kappa shape index (κ3) is 26.5. The molecule has 0 aliphatic carbocycles. The van der Waals surface area contributed by atoms with Crippen molar-refractivity contribution in [2.75, 3.05) is 31.9 Å². The van der Waals surface area contributed by atoms with Crippen LogP contribution in [0.15, 0.2) is 0 Å². The summed E-state index contributed by atoms with van der Waals surface area (Å²) in [5.74, 6) is -0.542. The third-order valence-electron chi connectivity index (χ3n) is 8.46. The van der Waals surface area contributed by atoms with Crippen LogP contribution in [-0.2, 0) is 10.1 Å². The first-order chi connectivity index (χ1) is 18.8. The van der Waals surface area contributed by atoms with Crippen molar-refractivity contribution in [3.63, 3.8) is 0 Å². The fraction of sp³-hybridized carbons (Fsp3) is 1.00. The molecule has 5 nitrogen and oxygen atoms in total. The van der Waals surface area contributed by atoms with Crippen molar-refractivity contribution in [3.8, 4) is 0 Å². The standard InChI is InChI=1S/C33H69NO4S/c1-4-7-10-13-16-19-22-25-28-34(31-33(35)32-39(36,37)38,29-26-23-20-17-14-11-8-5-2)30-27-24-21-18-15-12-9-6-3/h33,35H,4-32H2,1-3H3/p+1. The molecule has 0 bridgehead atoms. The first-order valence-corrected chi connectivity index (χ1v) is 18.9. The molecule has 2 N–H and O–H groups in total. The number of hydrogen-bond acceptors (Lipinski definition) is 3. The summed E-state index contributed by atoms with van der Waals surface area (Å²) in [6.45, 7) is 10.3. The van der Waals surface area contributed by atoms with Crippen LogP contribution in [0.3, 0.4) is 0 Å². The molecule has 0 radical (unpaired) electrons. The highest BCUT2D eigenvalue weighted by Gasteiger charge is 2.31. The molecule has 0 saturated carbocycles. The molecule has 1 atom stereocenters. The van der Waals surface area contributed by atoms with Crippen molar-refractivity contribution in [2.45, 2.75) is 181 Å². The largest absolute Gasteiger partial charge is 0.386 e. The van der Waals surface area contributed by atoms with E-state index >= 15 is 0 Å². The molecule has 0 heterocycles. The van der Waals surface area contributed by atoms with Crippen LogP contribution < -0.4 is 0 Å². The number of nitrogens with zero attached hydrogens (tertiary/aromatic N) is 1. The van der Waals surface area contributed by atoms with Gasteiger partial charge in [-0.25, -0.2) is 0 Å².